The Morgan fingerprint density at radius 3 is 2.19 bits per heavy atom. The second kappa shape index (κ2) is 11.5. The molecule has 0 bridgehead atoms. The summed E-state index contributed by atoms with van der Waals surface area (Å²) in [5.41, 5.74) is 0.243. The molecule has 0 aliphatic carbocycles. The quantitative estimate of drug-likeness (QED) is 0.534. The molecule has 1 aromatic carbocycles. The molecule has 0 fully saturated rings. The van der Waals surface area contributed by atoms with Gasteiger partial charge in [-0.3, -0.25) is 4.79 Å². The van der Waals surface area contributed by atoms with E-state index in [4.69, 9.17) is 14.2 Å². The van der Waals surface area contributed by atoms with E-state index in [9.17, 15) is 14.7 Å². The molecular weight excluding hydrogens is 358 g/mol. The number of rotatable bonds is 12. The van der Waals surface area contributed by atoms with E-state index in [0.29, 0.717) is 23.7 Å². The monoisotopic (exact) mass is 385 g/mol. The fourth-order valence-corrected chi connectivity index (χ4v) is 3.10. The van der Waals surface area contributed by atoms with Crippen molar-refractivity contribution in [3.8, 4) is 17.2 Å². The molecule has 0 spiro atoms. The summed E-state index contributed by atoms with van der Waals surface area (Å²) in [5, 5.41) is 11.9. The zero-order valence-electron chi connectivity index (χ0n) is 15.7. The molecule has 7 nitrogen and oxygen atoms in total. The molecule has 1 unspecified atom stereocenters. The van der Waals surface area contributed by atoms with Gasteiger partial charge in [0.1, 0.15) is 6.04 Å². The van der Waals surface area contributed by atoms with Gasteiger partial charge >= 0.3 is 5.97 Å². The number of carboxylic acid groups (broad SMARTS) is 1. The van der Waals surface area contributed by atoms with Crippen LogP contribution in [0.3, 0.4) is 0 Å². The van der Waals surface area contributed by atoms with E-state index in [2.05, 4.69) is 12.2 Å². The van der Waals surface area contributed by atoms with Crippen LogP contribution in [0, 0.1) is 0 Å². The van der Waals surface area contributed by atoms with Crippen molar-refractivity contribution in [2.75, 3.05) is 32.8 Å². The van der Waals surface area contributed by atoms with Crippen molar-refractivity contribution in [2.45, 2.75) is 32.2 Å². The van der Waals surface area contributed by atoms with Gasteiger partial charge in [-0.25, -0.2) is 4.79 Å². The Hall–Kier alpha value is -2.09. The maximum atomic E-state index is 12.5. The van der Waals surface area contributed by atoms with E-state index in [1.54, 1.807) is 0 Å². The number of hydrogen-bond acceptors (Lipinski definition) is 6. The first kappa shape index (κ1) is 22.0. The highest BCUT2D eigenvalue weighted by Gasteiger charge is 2.22. The predicted molar refractivity (Wildman–Crippen MR) is 102 cm³/mol. The van der Waals surface area contributed by atoms with Gasteiger partial charge in [-0.05, 0) is 42.9 Å². The number of carbonyl (C=O) groups is 2. The van der Waals surface area contributed by atoms with Crippen molar-refractivity contribution in [3.63, 3.8) is 0 Å². The molecule has 0 heterocycles. The minimum atomic E-state index is -1.05. The molecular formula is C18H27NO6S. The fraction of sp³-hybridized carbons (Fsp3) is 0.556. The van der Waals surface area contributed by atoms with E-state index in [1.807, 2.05) is 11.8 Å². The van der Waals surface area contributed by atoms with Crippen LogP contribution in [0.15, 0.2) is 12.1 Å². The number of nitrogens with one attached hydrogen (secondary N) is 1. The number of thioether (sulfide) groups is 1. The van der Waals surface area contributed by atoms with Crippen LogP contribution in [-0.2, 0) is 4.79 Å². The van der Waals surface area contributed by atoms with Gasteiger partial charge in [0.15, 0.2) is 11.5 Å². The summed E-state index contributed by atoms with van der Waals surface area (Å²) in [4.78, 5) is 23.9. The number of ether oxygens (including phenoxy) is 3. The predicted octanol–water partition coefficient (Wildman–Crippen LogP) is 2.82. The van der Waals surface area contributed by atoms with Crippen LogP contribution in [0.25, 0.3) is 0 Å². The summed E-state index contributed by atoms with van der Waals surface area (Å²) in [5.74, 6) is 1.52. The number of hydrogen-bond donors (Lipinski definition) is 2. The van der Waals surface area contributed by atoms with Crippen molar-refractivity contribution in [3.05, 3.63) is 17.7 Å². The zero-order chi connectivity index (χ0) is 19.5. The van der Waals surface area contributed by atoms with Crippen molar-refractivity contribution in [2.24, 2.45) is 0 Å². The van der Waals surface area contributed by atoms with E-state index in [0.717, 1.165) is 24.3 Å². The maximum Gasteiger partial charge on any atom is 0.326 e. The molecule has 1 amide bonds. The van der Waals surface area contributed by atoms with Crippen LogP contribution in [0.1, 0.15) is 36.5 Å². The lowest BCUT2D eigenvalue weighted by molar-refractivity contribution is -0.139. The Bertz CT molecular complexity index is 582. The third-order valence-electron chi connectivity index (χ3n) is 3.77. The molecule has 0 saturated carbocycles. The first-order valence-corrected chi connectivity index (χ1v) is 9.55. The van der Waals surface area contributed by atoms with Crippen LogP contribution in [-0.4, -0.2) is 55.9 Å². The number of benzene rings is 1. The van der Waals surface area contributed by atoms with Crippen LogP contribution < -0.4 is 19.5 Å². The molecule has 0 aliphatic heterocycles. The number of unbranched alkanes of at least 4 members (excludes halogenated alkanes) is 1. The van der Waals surface area contributed by atoms with Crippen LogP contribution in [0.2, 0.25) is 0 Å². The molecule has 26 heavy (non-hydrogen) atoms. The molecule has 1 aromatic rings. The highest BCUT2D eigenvalue weighted by Crippen LogP contribution is 2.38. The Balaban J connectivity index is 2.84. The third-order valence-corrected chi connectivity index (χ3v) is 4.75. The molecule has 1 atom stereocenters. The van der Waals surface area contributed by atoms with E-state index >= 15 is 0 Å². The molecule has 0 radical (unpaired) electrons. The standard InChI is InChI=1S/C18H27NO6S/c1-5-26-9-7-6-8-13(18(21)22)19-17(20)12-10-14(23-2)16(25-4)15(11-12)24-3/h10-11,13H,5-9H2,1-4H3,(H,19,20)(H,21,22). The molecule has 1 rings (SSSR count). The minimum Gasteiger partial charge on any atom is -0.493 e. The Morgan fingerprint density at radius 2 is 1.73 bits per heavy atom. The highest BCUT2D eigenvalue weighted by atomic mass is 32.2. The second-order valence-corrected chi connectivity index (χ2v) is 6.86. The summed E-state index contributed by atoms with van der Waals surface area (Å²) in [7, 11) is 4.37. The third kappa shape index (κ3) is 6.33. The van der Waals surface area contributed by atoms with Crippen molar-refractivity contribution in [1.82, 2.24) is 5.32 Å². The van der Waals surface area contributed by atoms with Crippen LogP contribution in [0.5, 0.6) is 17.2 Å². The average molecular weight is 385 g/mol. The summed E-state index contributed by atoms with van der Waals surface area (Å²) >= 11 is 1.82. The minimum absolute atomic E-state index is 0.243. The van der Waals surface area contributed by atoms with E-state index in [-0.39, 0.29) is 5.56 Å². The lowest BCUT2D eigenvalue weighted by Crippen LogP contribution is -2.40. The van der Waals surface area contributed by atoms with Gasteiger partial charge in [0.05, 0.1) is 21.3 Å². The highest BCUT2D eigenvalue weighted by molar-refractivity contribution is 7.99. The Kier molecular flexibility index (Phi) is 9.72. The Labute approximate surface area is 158 Å². The van der Waals surface area contributed by atoms with Gasteiger partial charge in [-0.1, -0.05) is 6.92 Å². The van der Waals surface area contributed by atoms with Gasteiger partial charge in [0, 0.05) is 5.56 Å². The largest absolute Gasteiger partial charge is 0.493 e. The summed E-state index contributed by atoms with van der Waals surface area (Å²) in [6, 6.07) is 2.05. The molecule has 8 heteroatoms. The first-order chi connectivity index (χ1) is 12.5. The average Bonchev–Trinajstić information content (AvgIpc) is 2.65. The van der Waals surface area contributed by atoms with Crippen molar-refractivity contribution >= 4 is 23.6 Å². The fourth-order valence-electron chi connectivity index (χ4n) is 2.41. The topological polar surface area (TPSA) is 94.1 Å². The van der Waals surface area contributed by atoms with Gasteiger partial charge in [0.2, 0.25) is 5.75 Å². The summed E-state index contributed by atoms with van der Waals surface area (Å²) < 4.78 is 15.7. The number of carbonyl (C=O) groups excluding carboxylic acids is 1. The van der Waals surface area contributed by atoms with Gasteiger partial charge in [0.25, 0.3) is 5.91 Å². The lowest BCUT2D eigenvalue weighted by atomic mass is 10.1. The maximum absolute atomic E-state index is 12.5. The van der Waals surface area contributed by atoms with Gasteiger partial charge < -0.3 is 24.6 Å². The molecule has 0 aliphatic rings. The van der Waals surface area contributed by atoms with Crippen LogP contribution >= 0.6 is 11.8 Å². The number of carboxylic acids is 1. The number of amides is 1. The smallest absolute Gasteiger partial charge is 0.326 e. The van der Waals surface area contributed by atoms with E-state index in [1.165, 1.54) is 33.5 Å². The number of aliphatic carboxylic acids is 1. The van der Waals surface area contributed by atoms with Gasteiger partial charge in [-0.15, -0.1) is 0 Å². The first-order valence-electron chi connectivity index (χ1n) is 8.39. The second-order valence-electron chi connectivity index (χ2n) is 5.47. The molecule has 146 valence electrons. The molecule has 2 N–H and O–H groups in total. The van der Waals surface area contributed by atoms with Crippen LogP contribution in [0.4, 0.5) is 0 Å². The lowest BCUT2D eigenvalue weighted by Gasteiger charge is -2.17. The normalized spacial score (nSPS) is 11.5. The van der Waals surface area contributed by atoms with E-state index < -0.39 is 17.9 Å². The number of methoxy groups -OCH3 is 3. The van der Waals surface area contributed by atoms with Crippen molar-refractivity contribution in [1.29, 1.82) is 0 Å². The molecule has 0 saturated heterocycles. The SMILES string of the molecule is CCSCCCCC(NC(=O)c1cc(OC)c(OC)c(OC)c1)C(=O)O. The van der Waals surface area contributed by atoms with Gasteiger partial charge in [-0.2, -0.15) is 11.8 Å². The zero-order valence-corrected chi connectivity index (χ0v) is 16.5. The molecule has 0 aromatic heterocycles. The summed E-state index contributed by atoms with van der Waals surface area (Å²) in [6.07, 6.45) is 2.04. The Morgan fingerprint density at radius 1 is 1.12 bits per heavy atom. The van der Waals surface area contributed by atoms with Crippen molar-refractivity contribution < 1.29 is 28.9 Å². The summed E-state index contributed by atoms with van der Waals surface area (Å²) in [6.45, 7) is 2.09.